The summed E-state index contributed by atoms with van der Waals surface area (Å²) in [6, 6.07) is 4.53. The molecule has 2 heterocycles. The zero-order valence-electron chi connectivity index (χ0n) is 11.2. The van der Waals surface area contributed by atoms with Crippen LogP contribution in [-0.4, -0.2) is 24.5 Å². The highest BCUT2D eigenvalue weighted by molar-refractivity contribution is 5.93. The van der Waals surface area contributed by atoms with E-state index in [1.54, 1.807) is 0 Å². The topological polar surface area (TPSA) is 106 Å². The first-order valence-corrected chi connectivity index (χ1v) is 6.47. The molecule has 1 saturated heterocycles. The van der Waals surface area contributed by atoms with Gasteiger partial charge < -0.3 is 9.47 Å². The van der Waals surface area contributed by atoms with Crippen molar-refractivity contribution in [3.8, 4) is 12.1 Å². The van der Waals surface area contributed by atoms with E-state index in [0.717, 1.165) is 0 Å². The zero-order valence-corrected chi connectivity index (χ0v) is 11.2. The van der Waals surface area contributed by atoms with Crippen LogP contribution in [0, 0.1) is 45.3 Å². The Hall–Kier alpha value is -1.63. The van der Waals surface area contributed by atoms with E-state index in [0.29, 0.717) is 12.4 Å². The molecule has 6 heteroatoms. The molecule has 0 unspecified atom stereocenters. The van der Waals surface area contributed by atoms with Crippen LogP contribution >= 0.6 is 0 Å². The summed E-state index contributed by atoms with van der Waals surface area (Å²) in [4.78, 5) is 2.93. The van der Waals surface area contributed by atoms with Crippen LogP contribution in [0.25, 0.3) is 0 Å². The number of hydrogen-bond acceptors (Lipinski definition) is 5. The lowest BCUT2D eigenvalue weighted by atomic mass is 9.93. The standard InChI is InChI=1S/C13H16N4O2/c1-7(2)9-11(5-14)10(16)17-13(12(9,11)6-15)18-4-8(3)19-13/h7-9H,4H2,1-3H3,(H2,16,17)/p+1/t8-,9-,11-,12-,13+/m1/s1. The van der Waals surface area contributed by atoms with Crippen LogP contribution in [0.15, 0.2) is 0 Å². The number of amidine groups is 1. The van der Waals surface area contributed by atoms with Crippen molar-refractivity contribution in [2.45, 2.75) is 32.8 Å². The molecular formula is C13H17N4O2+. The molecule has 19 heavy (non-hydrogen) atoms. The van der Waals surface area contributed by atoms with Gasteiger partial charge in [0.25, 0.3) is 5.84 Å². The molecular weight excluding hydrogens is 244 g/mol. The number of nitriles is 2. The highest BCUT2D eigenvalue weighted by Crippen LogP contribution is 2.76. The maximum atomic E-state index is 9.74. The molecule has 0 aromatic rings. The molecule has 0 aromatic heterocycles. The van der Waals surface area contributed by atoms with Gasteiger partial charge in [0.15, 0.2) is 10.8 Å². The maximum Gasteiger partial charge on any atom is 0.343 e. The fourth-order valence-electron chi connectivity index (χ4n) is 4.03. The van der Waals surface area contributed by atoms with E-state index >= 15 is 0 Å². The van der Waals surface area contributed by atoms with Crippen molar-refractivity contribution in [1.82, 2.24) is 0 Å². The average molecular weight is 261 g/mol. The van der Waals surface area contributed by atoms with Crippen molar-refractivity contribution in [1.29, 1.82) is 10.5 Å². The molecule has 0 bridgehead atoms. The Kier molecular flexibility index (Phi) is 2.14. The summed E-state index contributed by atoms with van der Waals surface area (Å²) >= 11 is 0. The van der Waals surface area contributed by atoms with Gasteiger partial charge in [-0.25, -0.2) is 4.99 Å². The average Bonchev–Trinajstić information content (AvgIpc) is 2.77. The molecule has 0 amide bonds. The van der Waals surface area contributed by atoms with Crippen LogP contribution < -0.4 is 10.7 Å². The first-order chi connectivity index (χ1) is 8.92. The molecule has 1 aliphatic carbocycles. The second-order valence-corrected chi connectivity index (χ2v) is 5.96. The lowest BCUT2D eigenvalue weighted by Crippen LogP contribution is -2.90. The highest BCUT2D eigenvalue weighted by atomic mass is 16.8. The van der Waals surface area contributed by atoms with Crippen LogP contribution in [0.3, 0.4) is 0 Å². The molecule has 5 atom stereocenters. The third-order valence-corrected chi connectivity index (χ3v) is 4.62. The van der Waals surface area contributed by atoms with E-state index < -0.39 is 16.7 Å². The summed E-state index contributed by atoms with van der Waals surface area (Å²) in [6.07, 6.45) is -0.131. The Labute approximate surface area is 111 Å². The predicted molar refractivity (Wildman–Crippen MR) is 63.8 cm³/mol. The smallest absolute Gasteiger partial charge is 0.311 e. The van der Waals surface area contributed by atoms with Crippen molar-refractivity contribution in [3.05, 3.63) is 0 Å². The van der Waals surface area contributed by atoms with Gasteiger partial charge in [-0.1, -0.05) is 13.8 Å². The number of fused-ring (bicyclic) bond motifs is 2. The van der Waals surface area contributed by atoms with Gasteiger partial charge in [0.1, 0.15) is 0 Å². The van der Waals surface area contributed by atoms with Gasteiger partial charge in [-0.15, -0.1) is 0 Å². The number of hydrogen-bond donors (Lipinski definition) is 2. The van der Waals surface area contributed by atoms with E-state index in [1.165, 1.54) is 0 Å². The Morgan fingerprint density at radius 2 is 2.11 bits per heavy atom. The number of ether oxygens (including phenoxy) is 2. The van der Waals surface area contributed by atoms with Crippen molar-refractivity contribution < 1.29 is 14.5 Å². The lowest BCUT2D eigenvalue weighted by Gasteiger charge is -2.24. The Morgan fingerprint density at radius 1 is 1.42 bits per heavy atom. The second-order valence-electron chi connectivity index (χ2n) is 5.96. The zero-order chi connectivity index (χ0) is 14.1. The van der Waals surface area contributed by atoms with E-state index in [4.69, 9.17) is 15.2 Å². The quantitative estimate of drug-likeness (QED) is 0.619. The van der Waals surface area contributed by atoms with Crippen LogP contribution in [0.2, 0.25) is 0 Å². The molecule has 2 aliphatic heterocycles. The summed E-state index contributed by atoms with van der Waals surface area (Å²) in [5, 5.41) is 19.4. The maximum absolute atomic E-state index is 9.74. The minimum atomic E-state index is -1.27. The molecule has 1 spiro atoms. The molecule has 3 rings (SSSR count). The molecule has 3 aliphatic rings. The molecule has 1 saturated carbocycles. The Bertz CT molecular complexity index is 560. The number of nitrogens with zero attached hydrogens (tertiary/aromatic N) is 2. The lowest BCUT2D eigenvalue weighted by molar-refractivity contribution is -0.679. The number of rotatable bonds is 1. The monoisotopic (exact) mass is 261 g/mol. The second kappa shape index (κ2) is 3.27. The molecule has 6 nitrogen and oxygen atoms in total. The van der Waals surface area contributed by atoms with E-state index in [9.17, 15) is 10.5 Å². The first-order valence-electron chi connectivity index (χ1n) is 6.47. The molecule has 2 fully saturated rings. The minimum absolute atomic E-state index is 0.131. The highest BCUT2D eigenvalue weighted by Gasteiger charge is 2.97. The van der Waals surface area contributed by atoms with Crippen LogP contribution in [-0.2, 0) is 9.47 Å². The van der Waals surface area contributed by atoms with Gasteiger partial charge >= 0.3 is 5.91 Å². The van der Waals surface area contributed by atoms with Crippen molar-refractivity contribution in [2.24, 2.45) is 28.4 Å². The largest absolute Gasteiger partial charge is 0.343 e. The summed E-state index contributed by atoms with van der Waals surface area (Å²) in [5.74, 6) is -1.01. The predicted octanol–water partition coefficient (Wildman–Crippen LogP) is -1.17. The van der Waals surface area contributed by atoms with E-state index in [-0.39, 0.29) is 17.9 Å². The summed E-state index contributed by atoms with van der Waals surface area (Å²) in [7, 11) is 0. The minimum Gasteiger partial charge on any atom is -0.311 e. The van der Waals surface area contributed by atoms with Crippen LogP contribution in [0.4, 0.5) is 0 Å². The normalized spacial score (nSPS) is 50.7. The third kappa shape index (κ3) is 0.992. The van der Waals surface area contributed by atoms with E-state index in [2.05, 4.69) is 17.1 Å². The van der Waals surface area contributed by atoms with Crippen molar-refractivity contribution in [2.75, 3.05) is 6.61 Å². The van der Waals surface area contributed by atoms with Crippen LogP contribution in [0.1, 0.15) is 20.8 Å². The SMILES string of the molecule is CC(C)[C@H]1[C@@]2(C#N)[C@]3([NH+]=C(N)[C@@]12C#N)OC[C@@H](C)O3. The molecule has 0 aromatic carbocycles. The summed E-state index contributed by atoms with van der Waals surface area (Å²) < 4.78 is 11.6. The molecule has 3 N–H and O–H groups in total. The third-order valence-electron chi connectivity index (χ3n) is 4.62. The van der Waals surface area contributed by atoms with Gasteiger partial charge in [0.2, 0.25) is 0 Å². The Balaban J connectivity index is 2.19. The van der Waals surface area contributed by atoms with Gasteiger partial charge in [-0.2, -0.15) is 10.5 Å². The van der Waals surface area contributed by atoms with Gasteiger partial charge in [0.05, 0.1) is 24.8 Å². The first kappa shape index (κ1) is 12.4. The molecule has 100 valence electrons. The van der Waals surface area contributed by atoms with Gasteiger partial charge in [-0.05, 0) is 12.8 Å². The van der Waals surface area contributed by atoms with Gasteiger partial charge in [-0.3, -0.25) is 5.73 Å². The summed E-state index contributed by atoms with van der Waals surface area (Å²) in [5.41, 5.74) is 3.95. The number of nitrogens with one attached hydrogen (secondary N) is 1. The van der Waals surface area contributed by atoms with Crippen molar-refractivity contribution in [3.63, 3.8) is 0 Å². The fourth-order valence-corrected chi connectivity index (χ4v) is 4.03. The number of nitrogens with two attached hydrogens (primary N) is 1. The Morgan fingerprint density at radius 3 is 2.47 bits per heavy atom. The van der Waals surface area contributed by atoms with Gasteiger partial charge in [0, 0.05) is 5.92 Å². The molecule has 0 radical (unpaired) electrons. The van der Waals surface area contributed by atoms with Crippen LogP contribution in [0.5, 0.6) is 0 Å². The van der Waals surface area contributed by atoms with Crippen molar-refractivity contribution >= 4 is 5.84 Å². The fraction of sp³-hybridized carbons (Fsp3) is 0.769. The van der Waals surface area contributed by atoms with E-state index in [1.807, 2.05) is 20.8 Å². The summed E-state index contributed by atoms with van der Waals surface area (Å²) in [6.45, 7) is 6.23.